The van der Waals surface area contributed by atoms with E-state index in [1.165, 1.54) is 14.2 Å². The molecule has 0 amide bonds. The highest BCUT2D eigenvalue weighted by Crippen LogP contribution is 2.33. The molecule has 0 aliphatic heterocycles. The molecule has 3 aromatic heterocycles. The first kappa shape index (κ1) is 39.9. The van der Waals surface area contributed by atoms with Crippen molar-refractivity contribution in [3.63, 3.8) is 0 Å². The van der Waals surface area contributed by atoms with Crippen LogP contribution in [0.2, 0.25) is 0 Å². The zero-order valence-electron chi connectivity index (χ0n) is 31.9. The fraction of sp³-hybridized carbons (Fsp3) is 0.0638. The molecule has 0 spiro atoms. The molecule has 0 atom stereocenters. The van der Waals surface area contributed by atoms with Gasteiger partial charge in [0, 0.05) is 55.6 Å². The molecule has 296 valence electrons. The Morgan fingerprint density at radius 2 is 0.932 bits per heavy atom. The lowest BCUT2D eigenvalue weighted by Gasteiger charge is -2.06. The lowest BCUT2D eigenvalue weighted by molar-refractivity contribution is 0.0586. The zero-order chi connectivity index (χ0) is 41.1. The van der Waals surface area contributed by atoms with Gasteiger partial charge in [0.05, 0.1) is 26.3 Å². The number of methoxy groups -OCH3 is 2. The van der Waals surface area contributed by atoms with Crippen molar-refractivity contribution in [1.29, 1.82) is 0 Å². The molecule has 11 nitrogen and oxygen atoms in total. The fourth-order valence-electron chi connectivity index (χ4n) is 6.03. The van der Waals surface area contributed by atoms with E-state index in [1.54, 1.807) is 12.1 Å². The van der Waals surface area contributed by atoms with Crippen molar-refractivity contribution in [3.05, 3.63) is 179 Å². The van der Waals surface area contributed by atoms with E-state index in [0.717, 1.165) is 65.9 Å². The molecule has 9 aromatic rings. The number of esters is 2. The van der Waals surface area contributed by atoms with Gasteiger partial charge in [-0.05, 0) is 101 Å². The van der Waals surface area contributed by atoms with Gasteiger partial charge in [0.2, 0.25) is 0 Å². The number of carbonyl (C=O) groups is 2. The Hall–Kier alpha value is -7.28. The summed E-state index contributed by atoms with van der Waals surface area (Å²) in [4.78, 5) is 32.2. The third kappa shape index (κ3) is 10.2. The van der Waals surface area contributed by atoms with E-state index in [-0.39, 0.29) is 12.6 Å². The van der Waals surface area contributed by atoms with Crippen molar-refractivity contribution >= 4 is 60.6 Å². The summed E-state index contributed by atoms with van der Waals surface area (Å²) in [6.07, 6.45) is 0. The molecule has 0 aliphatic carbocycles. The van der Waals surface area contributed by atoms with Crippen molar-refractivity contribution in [2.75, 3.05) is 14.2 Å². The number of rotatable bonds is 9. The summed E-state index contributed by atoms with van der Waals surface area (Å²) in [7, 11) is 2.71. The van der Waals surface area contributed by atoms with Gasteiger partial charge in [0.15, 0.2) is 0 Å². The van der Waals surface area contributed by atoms with Crippen LogP contribution in [0.25, 0.3) is 32.7 Å². The highest BCUT2D eigenvalue weighted by Gasteiger charge is 2.13. The first-order valence-corrected chi connectivity index (χ1v) is 19.1. The lowest BCUT2D eigenvalue weighted by Crippen LogP contribution is -2.00. The molecule has 3 heterocycles. The first-order chi connectivity index (χ1) is 28.8. The Kier molecular flexibility index (Phi) is 12.7. The maximum absolute atomic E-state index is 11.6. The van der Waals surface area contributed by atoms with Crippen molar-refractivity contribution < 1.29 is 38.4 Å². The number of aromatic amines is 3. The van der Waals surface area contributed by atoms with Gasteiger partial charge in [-0.15, -0.1) is 0 Å². The van der Waals surface area contributed by atoms with Crippen LogP contribution in [-0.4, -0.2) is 46.2 Å². The van der Waals surface area contributed by atoms with Crippen LogP contribution in [0.3, 0.4) is 0 Å². The number of halogens is 1. The minimum absolute atomic E-state index is 0.0174. The molecule has 12 heteroatoms. The van der Waals surface area contributed by atoms with Crippen LogP contribution >= 0.6 is 15.9 Å². The number of fused-ring (bicyclic) bond motifs is 3. The second kappa shape index (κ2) is 18.8. The molecular formula is C47H38BrN3O8. The Balaban J connectivity index is 0.000000135. The van der Waals surface area contributed by atoms with Crippen LogP contribution < -0.4 is 14.2 Å². The second-order valence-corrected chi connectivity index (χ2v) is 13.8. The van der Waals surface area contributed by atoms with Crippen molar-refractivity contribution in [2.45, 2.75) is 6.61 Å². The molecule has 0 bridgehead atoms. The number of nitrogens with one attached hydrogen (secondary N) is 3. The van der Waals surface area contributed by atoms with E-state index < -0.39 is 5.97 Å². The largest absolute Gasteiger partial charge is 0.464 e. The fourth-order valence-corrected chi connectivity index (χ4v) is 6.58. The number of para-hydroxylation sites is 3. The highest BCUT2D eigenvalue weighted by molar-refractivity contribution is 9.10. The monoisotopic (exact) mass is 851 g/mol. The average molecular weight is 853 g/mol. The summed E-state index contributed by atoms with van der Waals surface area (Å²) < 4.78 is 27.5. The first-order valence-electron chi connectivity index (χ1n) is 18.3. The summed E-state index contributed by atoms with van der Waals surface area (Å²) in [5.41, 5.74) is 4.24. The summed E-state index contributed by atoms with van der Waals surface area (Å²) in [5, 5.41) is 12.0. The van der Waals surface area contributed by atoms with Crippen molar-refractivity contribution in [2.24, 2.45) is 0 Å². The predicted octanol–water partition coefficient (Wildman–Crippen LogP) is 11.7. The second-order valence-electron chi connectivity index (χ2n) is 12.9. The Labute approximate surface area is 347 Å². The number of aliphatic hydroxyl groups is 1. The molecule has 59 heavy (non-hydrogen) atoms. The quantitative estimate of drug-likeness (QED) is 0.105. The summed E-state index contributed by atoms with van der Waals surface area (Å²) >= 11 is 3.49. The normalized spacial score (nSPS) is 10.6. The molecule has 0 aliphatic rings. The number of carbonyl (C=O) groups excluding carboxylic acids is 2. The Morgan fingerprint density at radius 3 is 1.44 bits per heavy atom. The average Bonchev–Trinajstić information content (AvgIpc) is 4.02. The molecule has 6 aromatic carbocycles. The van der Waals surface area contributed by atoms with E-state index in [1.807, 2.05) is 146 Å². The number of aromatic nitrogens is 3. The topological polar surface area (TPSA) is 148 Å². The van der Waals surface area contributed by atoms with Crippen LogP contribution in [-0.2, 0) is 16.1 Å². The summed E-state index contributed by atoms with van der Waals surface area (Å²) in [5.74, 6) is 3.72. The molecule has 0 fully saturated rings. The molecular weight excluding hydrogens is 814 g/mol. The standard InChI is InChI=1S/C16H12BrNO3.C16H13NO3.C15H13NO2/c1-20-16(19)15-9-12-13(17)7-11(8-14(12)18-15)21-10-5-3-2-4-6-10;1-19-16(18)15-9-11-7-8-13(10-14(11)17-15)20-12-5-3-2-4-6-12;17-10-12-8-11-6-7-14(9-15(11)16-12)18-13-4-2-1-3-5-13/h2-9,18H,1H3;2-10,17H,1H3;1-9,16-17H,10H2. The summed E-state index contributed by atoms with van der Waals surface area (Å²) in [6.45, 7) is 0.0174. The number of hydrogen-bond donors (Lipinski definition) is 4. The van der Waals surface area contributed by atoms with Gasteiger partial charge in [-0.1, -0.05) is 54.6 Å². The minimum Gasteiger partial charge on any atom is -0.464 e. The smallest absolute Gasteiger partial charge is 0.354 e. The number of benzene rings is 6. The van der Waals surface area contributed by atoms with E-state index in [2.05, 4.69) is 30.9 Å². The van der Waals surface area contributed by atoms with Crippen LogP contribution in [0.5, 0.6) is 34.5 Å². The van der Waals surface area contributed by atoms with Gasteiger partial charge in [-0.3, -0.25) is 0 Å². The van der Waals surface area contributed by atoms with Gasteiger partial charge >= 0.3 is 11.9 Å². The van der Waals surface area contributed by atoms with Crippen LogP contribution in [0.1, 0.15) is 26.7 Å². The predicted molar refractivity (Wildman–Crippen MR) is 231 cm³/mol. The van der Waals surface area contributed by atoms with Gasteiger partial charge in [-0.25, -0.2) is 9.59 Å². The van der Waals surface area contributed by atoms with E-state index in [9.17, 15) is 9.59 Å². The molecule has 0 radical (unpaired) electrons. The van der Waals surface area contributed by atoms with E-state index >= 15 is 0 Å². The minimum atomic E-state index is -0.399. The summed E-state index contributed by atoms with van der Waals surface area (Å²) in [6, 6.07) is 49.3. The van der Waals surface area contributed by atoms with Crippen molar-refractivity contribution in [1.82, 2.24) is 15.0 Å². The number of H-pyrrole nitrogens is 3. The SMILES string of the molecule is COC(=O)c1cc2c(Br)cc(Oc3ccccc3)cc2[nH]1.COC(=O)c1cc2ccc(Oc3ccccc3)cc2[nH]1.OCc1cc2ccc(Oc3ccccc3)cc2[nH]1. The zero-order valence-corrected chi connectivity index (χ0v) is 33.5. The van der Waals surface area contributed by atoms with Crippen LogP contribution in [0, 0.1) is 0 Å². The van der Waals surface area contributed by atoms with Gasteiger partial charge in [-0.2, -0.15) is 0 Å². The van der Waals surface area contributed by atoms with Gasteiger partial charge in [0.25, 0.3) is 0 Å². The molecule has 4 N–H and O–H groups in total. The molecule has 9 rings (SSSR count). The Morgan fingerprint density at radius 1 is 0.492 bits per heavy atom. The molecule has 0 unspecified atom stereocenters. The number of hydrogen-bond acceptors (Lipinski definition) is 8. The highest BCUT2D eigenvalue weighted by atomic mass is 79.9. The van der Waals surface area contributed by atoms with E-state index in [4.69, 9.17) is 28.8 Å². The lowest BCUT2D eigenvalue weighted by atomic mass is 10.2. The number of ether oxygens (including phenoxy) is 5. The molecule has 0 saturated heterocycles. The van der Waals surface area contributed by atoms with Gasteiger partial charge in [0.1, 0.15) is 45.9 Å². The third-order valence-electron chi connectivity index (χ3n) is 8.82. The van der Waals surface area contributed by atoms with Crippen LogP contribution in [0.15, 0.2) is 162 Å². The van der Waals surface area contributed by atoms with Gasteiger partial charge < -0.3 is 43.7 Å². The maximum Gasteiger partial charge on any atom is 0.354 e. The third-order valence-corrected chi connectivity index (χ3v) is 9.48. The van der Waals surface area contributed by atoms with E-state index in [0.29, 0.717) is 22.9 Å². The van der Waals surface area contributed by atoms with Crippen molar-refractivity contribution in [3.8, 4) is 34.5 Å². The Bertz CT molecular complexity index is 2820. The maximum atomic E-state index is 11.6. The van der Waals surface area contributed by atoms with Crippen LogP contribution in [0.4, 0.5) is 0 Å². The molecule has 0 saturated carbocycles. The number of aliphatic hydroxyl groups excluding tert-OH is 1.